The minimum Gasteiger partial charge on any atom is -0.389 e. The average Bonchev–Trinajstić information content (AvgIpc) is 3.22. The topological polar surface area (TPSA) is 92.1 Å². The van der Waals surface area contributed by atoms with Gasteiger partial charge in [0, 0.05) is 12.7 Å². The maximum absolute atomic E-state index is 10.2. The van der Waals surface area contributed by atoms with Crippen LogP contribution in [0.25, 0.3) is 22.4 Å². The molecule has 1 saturated heterocycles. The van der Waals surface area contributed by atoms with Gasteiger partial charge in [-0.15, -0.1) is 0 Å². The van der Waals surface area contributed by atoms with E-state index < -0.39 is 5.60 Å². The molecule has 4 rings (SSSR count). The van der Waals surface area contributed by atoms with Crippen LogP contribution in [0.15, 0.2) is 24.4 Å². The van der Waals surface area contributed by atoms with E-state index in [1.165, 1.54) is 0 Å². The molecule has 4 heterocycles. The predicted octanol–water partition coefficient (Wildman–Crippen LogP) is 1.82. The van der Waals surface area contributed by atoms with Crippen LogP contribution >= 0.6 is 0 Å². The van der Waals surface area contributed by atoms with Gasteiger partial charge < -0.3 is 14.7 Å². The number of aromatic amines is 1. The molecule has 0 spiro atoms. The normalized spacial score (nSPS) is 18.6. The van der Waals surface area contributed by atoms with Crippen molar-refractivity contribution < 1.29 is 9.84 Å². The first-order valence-corrected chi connectivity index (χ1v) is 8.87. The van der Waals surface area contributed by atoms with Crippen LogP contribution in [0, 0.1) is 0 Å². The number of fused-ring (bicyclic) bond motifs is 1. The van der Waals surface area contributed by atoms with E-state index in [4.69, 9.17) is 14.8 Å². The van der Waals surface area contributed by atoms with Crippen molar-refractivity contribution in [1.29, 1.82) is 0 Å². The summed E-state index contributed by atoms with van der Waals surface area (Å²) in [6.07, 6.45) is 1.77. The highest BCUT2D eigenvalue weighted by Gasteiger charge is 2.24. The Morgan fingerprint density at radius 1 is 1.35 bits per heavy atom. The third kappa shape index (κ3) is 3.17. The van der Waals surface area contributed by atoms with Gasteiger partial charge in [-0.1, -0.05) is 0 Å². The SMILES string of the molecule is C[C@@H]1COCCN1c1ccc2c(n1)c(-c1cc[nH]n1)nn2CC(C)(C)O. The summed E-state index contributed by atoms with van der Waals surface area (Å²) in [7, 11) is 0. The summed E-state index contributed by atoms with van der Waals surface area (Å²) in [5, 5.41) is 22.0. The van der Waals surface area contributed by atoms with Gasteiger partial charge in [-0.2, -0.15) is 10.2 Å². The molecule has 1 atom stereocenters. The van der Waals surface area contributed by atoms with Crippen molar-refractivity contribution in [3.8, 4) is 11.4 Å². The Morgan fingerprint density at radius 2 is 2.19 bits per heavy atom. The number of ether oxygens (including phenoxy) is 1. The molecule has 0 amide bonds. The number of nitrogens with zero attached hydrogens (tertiary/aromatic N) is 5. The fourth-order valence-corrected chi connectivity index (χ4v) is 3.33. The molecule has 0 aliphatic carbocycles. The molecule has 0 unspecified atom stereocenters. The molecule has 1 aliphatic heterocycles. The molecule has 3 aromatic rings. The van der Waals surface area contributed by atoms with E-state index in [1.807, 2.05) is 18.2 Å². The standard InChI is InChI=1S/C18H24N6O2/c1-12-10-26-9-8-23(12)15-5-4-14-17(20-15)16(13-6-7-19-21-13)22-24(14)11-18(2,3)25/h4-7,12,25H,8-11H2,1-3H3,(H,19,21)/t12-/m1/s1. The molecule has 0 aromatic carbocycles. The number of H-pyrrole nitrogens is 1. The van der Waals surface area contributed by atoms with Gasteiger partial charge >= 0.3 is 0 Å². The first kappa shape index (κ1) is 17.0. The zero-order chi connectivity index (χ0) is 18.3. The lowest BCUT2D eigenvalue weighted by molar-refractivity contribution is 0.0592. The molecule has 138 valence electrons. The number of rotatable bonds is 4. The number of aromatic nitrogens is 5. The lowest BCUT2D eigenvalue weighted by atomic mass is 10.1. The number of hydrogen-bond acceptors (Lipinski definition) is 6. The summed E-state index contributed by atoms with van der Waals surface area (Å²) in [5.74, 6) is 0.910. The van der Waals surface area contributed by atoms with Gasteiger partial charge in [0.15, 0.2) is 0 Å². The molecule has 2 N–H and O–H groups in total. The van der Waals surface area contributed by atoms with Crippen molar-refractivity contribution >= 4 is 16.9 Å². The maximum Gasteiger partial charge on any atom is 0.139 e. The van der Waals surface area contributed by atoms with Crippen LogP contribution in [0.4, 0.5) is 5.82 Å². The van der Waals surface area contributed by atoms with E-state index >= 15 is 0 Å². The van der Waals surface area contributed by atoms with Crippen LogP contribution in [-0.4, -0.2) is 61.5 Å². The van der Waals surface area contributed by atoms with E-state index in [1.54, 1.807) is 24.7 Å². The van der Waals surface area contributed by atoms with Crippen molar-refractivity contribution in [3.05, 3.63) is 24.4 Å². The first-order valence-electron chi connectivity index (χ1n) is 8.87. The molecular weight excluding hydrogens is 332 g/mol. The number of morpholine rings is 1. The van der Waals surface area contributed by atoms with E-state index in [9.17, 15) is 5.11 Å². The Hall–Kier alpha value is -2.45. The fraction of sp³-hybridized carbons (Fsp3) is 0.500. The highest BCUT2D eigenvalue weighted by Crippen LogP contribution is 2.29. The van der Waals surface area contributed by atoms with Crippen molar-refractivity contribution in [2.24, 2.45) is 0 Å². The lowest BCUT2D eigenvalue weighted by Crippen LogP contribution is -2.44. The molecular formula is C18H24N6O2. The summed E-state index contributed by atoms with van der Waals surface area (Å²) in [6.45, 7) is 8.27. The van der Waals surface area contributed by atoms with Crippen molar-refractivity contribution in [1.82, 2.24) is 25.0 Å². The predicted molar refractivity (Wildman–Crippen MR) is 99.0 cm³/mol. The summed E-state index contributed by atoms with van der Waals surface area (Å²) in [6, 6.07) is 6.19. The Kier molecular flexibility index (Phi) is 4.16. The smallest absolute Gasteiger partial charge is 0.139 e. The molecule has 26 heavy (non-hydrogen) atoms. The van der Waals surface area contributed by atoms with Crippen LogP contribution in [0.2, 0.25) is 0 Å². The quantitative estimate of drug-likeness (QED) is 0.741. The van der Waals surface area contributed by atoms with Crippen LogP contribution in [0.1, 0.15) is 20.8 Å². The second-order valence-corrected chi connectivity index (χ2v) is 7.43. The molecule has 3 aromatic heterocycles. The van der Waals surface area contributed by atoms with Crippen LogP contribution < -0.4 is 4.90 Å². The Labute approximate surface area is 151 Å². The second-order valence-electron chi connectivity index (χ2n) is 7.43. The van der Waals surface area contributed by atoms with Crippen LogP contribution in [0.3, 0.4) is 0 Å². The van der Waals surface area contributed by atoms with Gasteiger partial charge in [-0.25, -0.2) is 4.98 Å². The number of pyridine rings is 1. The van der Waals surface area contributed by atoms with Gasteiger partial charge in [-0.05, 0) is 39.0 Å². The minimum absolute atomic E-state index is 0.272. The monoisotopic (exact) mass is 356 g/mol. The molecule has 1 fully saturated rings. The van der Waals surface area contributed by atoms with Crippen molar-refractivity contribution in [3.63, 3.8) is 0 Å². The molecule has 8 nitrogen and oxygen atoms in total. The number of nitrogens with one attached hydrogen (secondary N) is 1. The second kappa shape index (κ2) is 6.37. The summed E-state index contributed by atoms with van der Waals surface area (Å²) in [5.41, 5.74) is 2.25. The number of hydrogen-bond donors (Lipinski definition) is 2. The summed E-state index contributed by atoms with van der Waals surface area (Å²) in [4.78, 5) is 7.16. The van der Waals surface area contributed by atoms with Crippen molar-refractivity contribution in [2.45, 2.75) is 39.0 Å². The van der Waals surface area contributed by atoms with E-state index in [2.05, 4.69) is 22.0 Å². The minimum atomic E-state index is -0.876. The van der Waals surface area contributed by atoms with E-state index in [0.29, 0.717) is 25.5 Å². The van der Waals surface area contributed by atoms with E-state index in [0.717, 1.165) is 29.1 Å². The Morgan fingerprint density at radius 3 is 2.88 bits per heavy atom. The fourth-order valence-electron chi connectivity index (χ4n) is 3.33. The zero-order valence-electron chi connectivity index (χ0n) is 15.3. The molecule has 0 radical (unpaired) electrons. The van der Waals surface area contributed by atoms with Gasteiger partial charge in [-0.3, -0.25) is 9.78 Å². The molecule has 8 heteroatoms. The maximum atomic E-state index is 10.2. The largest absolute Gasteiger partial charge is 0.389 e. The average molecular weight is 356 g/mol. The highest BCUT2D eigenvalue weighted by molar-refractivity contribution is 5.90. The Balaban J connectivity index is 1.83. The zero-order valence-corrected chi connectivity index (χ0v) is 15.3. The van der Waals surface area contributed by atoms with Gasteiger partial charge in [0.2, 0.25) is 0 Å². The van der Waals surface area contributed by atoms with Gasteiger partial charge in [0.25, 0.3) is 0 Å². The third-order valence-corrected chi connectivity index (χ3v) is 4.52. The van der Waals surface area contributed by atoms with E-state index in [-0.39, 0.29) is 6.04 Å². The van der Waals surface area contributed by atoms with Gasteiger partial charge in [0.05, 0.1) is 36.9 Å². The summed E-state index contributed by atoms with van der Waals surface area (Å²) >= 11 is 0. The number of aliphatic hydroxyl groups is 1. The van der Waals surface area contributed by atoms with Gasteiger partial charge in [0.1, 0.15) is 22.7 Å². The summed E-state index contributed by atoms with van der Waals surface area (Å²) < 4.78 is 7.34. The molecule has 0 saturated carbocycles. The third-order valence-electron chi connectivity index (χ3n) is 4.52. The van der Waals surface area contributed by atoms with Crippen LogP contribution in [-0.2, 0) is 11.3 Å². The molecule has 0 bridgehead atoms. The highest BCUT2D eigenvalue weighted by atomic mass is 16.5. The lowest BCUT2D eigenvalue weighted by Gasteiger charge is -2.34. The first-order chi connectivity index (χ1) is 12.4. The van der Waals surface area contributed by atoms with Crippen molar-refractivity contribution in [2.75, 3.05) is 24.7 Å². The molecule has 1 aliphatic rings. The number of anilines is 1. The Bertz CT molecular complexity index is 896. The van der Waals surface area contributed by atoms with Crippen LogP contribution in [0.5, 0.6) is 0 Å².